The van der Waals surface area contributed by atoms with Gasteiger partial charge in [0.15, 0.2) is 0 Å². The molecular weight excluding hydrogens is 194 g/mol. The minimum absolute atomic E-state index is 0.247. The molecule has 0 heterocycles. The number of amides is 1. The standard InChI is InChI=1S/C11H13NO3/c1-14-8-4-5-10(15-7-2-3-7)9(6-8)11(12)13/h4-7H,2-3H2,1H3,(H2,12,13). The second kappa shape index (κ2) is 3.81. The molecule has 1 aliphatic carbocycles. The van der Waals surface area contributed by atoms with Crippen LogP contribution in [0.4, 0.5) is 0 Å². The highest BCUT2D eigenvalue weighted by molar-refractivity contribution is 5.96. The fourth-order valence-corrected chi connectivity index (χ4v) is 1.30. The van der Waals surface area contributed by atoms with E-state index in [1.165, 1.54) is 0 Å². The Morgan fingerprint density at radius 2 is 2.20 bits per heavy atom. The summed E-state index contributed by atoms with van der Waals surface area (Å²) in [6.45, 7) is 0. The maximum atomic E-state index is 11.2. The average Bonchev–Trinajstić information content (AvgIpc) is 3.02. The zero-order valence-corrected chi connectivity index (χ0v) is 8.53. The first kappa shape index (κ1) is 9.83. The van der Waals surface area contributed by atoms with Crippen LogP contribution in [0.5, 0.6) is 11.5 Å². The van der Waals surface area contributed by atoms with E-state index in [1.54, 1.807) is 25.3 Å². The third-order valence-electron chi connectivity index (χ3n) is 2.27. The van der Waals surface area contributed by atoms with Gasteiger partial charge in [-0.05, 0) is 31.0 Å². The lowest BCUT2D eigenvalue weighted by Gasteiger charge is -2.09. The van der Waals surface area contributed by atoms with E-state index in [4.69, 9.17) is 15.2 Å². The van der Waals surface area contributed by atoms with Crippen molar-refractivity contribution in [1.82, 2.24) is 0 Å². The fourth-order valence-electron chi connectivity index (χ4n) is 1.30. The van der Waals surface area contributed by atoms with Crippen LogP contribution in [0.15, 0.2) is 18.2 Å². The third-order valence-corrected chi connectivity index (χ3v) is 2.27. The molecule has 1 aliphatic rings. The molecule has 1 aromatic carbocycles. The van der Waals surface area contributed by atoms with Crippen LogP contribution in [0.25, 0.3) is 0 Å². The maximum Gasteiger partial charge on any atom is 0.252 e. The van der Waals surface area contributed by atoms with Crippen LogP contribution >= 0.6 is 0 Å². The summed E-state index contributed by atoms with van der Waals surface area (Å²) in [4.78, 5) is 11.2. The molecule has 0 spiro atoms. The summed E-state index contributed by atoms with van der Waals surface area (Å²) in [5.41, 5.74) is 5.64. The smallest absolute Gasteiger partial charge is 0.252 e. The number of carbonyl (C=O) groups is 1. The van der Waals surface area contributed by atoms with Crippen molar-refractivity contribution in [2.24, 2.45) is 5.73 Å². The Hall–Kier alpha value is -1.71. The largest absolute Gasteiger partial charge is 0.497 e. The first-order valence-electron chi connectivity index (χ1n) is 4.85. The molecule has 1 fully saturated rings. The SMILES string of the molecule is COc1ccc(OC2CC2)c(C(N)=O)c1. The molecule has 0 aromatic heterocycles. The van der Waals surface area contributed by atoms with Crippen molar-refractivity contribution in [2.45, 2.75) is 18.9 Å². The van der Waals surface area contributed by atoms with Crippen molar-refractivity contribution in [3.05, 3.63) is 23.8 Å². The molecule has 0 atom stereocenters. The quantitative estimate of drug-likeness (QED) is 0.810. The molecule has 0 bridgehead atoms. The number of benzene rings is 1. The van der Waals surface area contributed by atoms with Gasteiger partial charge in [0, 0.05) is 0 Å². The molecule has 80 valence electrons. The van der Waals surface area contributed by atoms with Gasteiger partial charge >= 0.3 is 0 Å². The Morgan fingerprint density at radius 3 is 2.73 bits per heavy atom. The Balaban J connectivity index is 2.29. The molecule has 0 saturated heterocycles. The topological polar surface area (TPSA) is 61.6 Å². The molecule has 15 heavy (non-hydrogen) atoms. The van der Waals surface area contributed by atoms with E-state index >= 15 is 0 Å². The summed E-state index contributed by atoms with van der Waals surface area (Å²) < 4.78 is 10.6. The monoisotopic (exact) mass is 207 g/mol. The second-order valence-corrected chi connectivity index (χ2v) is 3.54. The molecule has 2 N–H and O–H groups in total. The summed E-state index contributed by atoms with van der Waals surface area (Å²) in [5.74, 6) is 0.655. The van der Waals surface area contributed by atoms with E-state index in [2.05, 4.69) is 0 Å². The number of ether oxygens (including phenoxy) is 2. The lowest BCUT2D eigenvalue weighted by molar-refractivity contribution is 0.0995. The molecule has 1 amide bonds. The highest BCUT2D eigenvalue weighted by atomic mass is 16.5. The van der Waals surface area contributed by atoms with Gasteiger partial charge in [0.1, 0.15) is 11.5 Å². The van der Waals surface area contributed by atoms with Crippen LogP contribution in [-0.4, -0.2) is 19.1 Å². The van der Waals surface area contributed by atoms with Gasteiger partial charge < -0.3 is 15.2 Å². The lowest BCUT2D eigenvalue weighted by Crippen LogP contribution is -2.13. The predicted octanol–water partition coefficient (Wildman–Crippen LogP) is 1.34. The van der Waals surface area contributed by atoms with E-state index in [9.17, 15) is 4.79 Å². The molecule has 4 heteroatoms. The van der Waals surface area contributed by atoms with Crippen molar-refractivity contribution in [3.63, 3.8) is 0 Å². The van der Waals surface area contributed by atoms with Gasteiger partial charge in [-0.3, -0.25) is 4.79 Å². The van der Waals surface area contributed by atoms with Crippen molar-refractivity contribution < 1.29 is 14.3 Å². The number of primary amides is 1. The van der Waals surface area contributed by atoms with Gasteiger partial charge in [0.25, 0.3) is 5.91 Å². The van der Waals surface area contributed by atoms with Crippen LogP contribution < -0.4 is 15.2 Å². The molecule has 0 aliphatic heterocycles. The first-order chi connectivity index (χ1) is 7.20. The molecule has 0 radical (unpaired) electrons. The average molecular weight is 207 g/mol. The molecule has 1 aromatic rings. The predicted molar refractivity (Wildman–Crippen MR) is 55.2 cm³/mol. The molecule has 4 nitrogen and oxygen atoms in total. The number of carbonyl (C=O) groups excluding carboxylic acids is 1. The summed E-state index contributed by atoms with van der Waals surface area (Å²) in [5, 5.41) is 0. The summed E-state index contributed by atoms with van der Waals surface area (Å²) in [6.07, 6.45) is 2.34. The first-order valence-corrected chi connectivity index (χ1v) is 4.85. The Bertz CT molecular complexity index is 385. The van der Waals surface area contributed by atoms with E-state index in [0.717, 1.165) is 12.8 Å². The Labute approximate surface area is 88.0 Å². The Morgan fingerprint density at radius 1 is 1.47 bits per heavy atom. The minimum atomic E-state index is -0.496. The van der Waals surface area contributed by atoms with Crippen LogP contribution in [0, 0.1) is 0 Å². The van der Waals surface area contributed by atoms with Crippen molar-refractivity contribution in [1.29, 1.82) is 0 Å². The van der Waals surface area contributed by atoms with Gasteiger partial charge in [-0.15, -0.1) is 0 Å². The highest BCUT2D eigenvalue weighted by Crippen LogP contribution is 2.30. The van der Waals surface area contributed by atoms with Crippen molar-refractivity contribution >= 4 is 5.91 Å². The normalized spacial score (nSPS) is 14.7. The van der Waals surface area contributed by atoms with Gasteiger partial charge in [-0.2, -0.15) is 0 Å². The van der Waals surface area contributed by atoms with E-state index in [1.807, 2.05) is 0 Å². The summed E-state index contributed by atoms with van der Waals surface area (Å²) in [7, 11) is 1.54. The van der Waals surface area contributed by atoms with Crippen molar-refractivity contribution in [3.8, 4) is 11.5 Å². The number of hydrogen-bond acceptors (Lipinski definition) is 3. The molecular formula is C11H13NO3. The van der Waals surface area contributed by atoms with Crippen LogP contribution in [0.1, 0.15) is 23.2 Å². The summed E-state index contributed by atoms with van der Waals surface area (Å²) in [6, 6.07) is 5.07. The van der Waals surface area contributed by atoms with E-state index in [-0.39, 0.29) is 6.10 Å². The molecule has 2 rings (SSSR count). The van der Waals surface area contributed by atoms with E-state index < -0.39 is 5.91 Å². The number of rotatable bonds is 4. The van der Waals surface area contributed by atoms with Crippen molar-refractivity contribution in [2.75, 3.05) is 7.11 Å². The van der Waals surface area contributed by atoms with Gasteiger partial charge in [-0.1, -0.05) is 0 Å². The van der Waals surface area contributed by atoms with Gasteiger partial charge in [0.2, 0.25) is 0 Å². The zero-order chi connectivity index (χ0) is 10.8. The highest BCUT2D eigenvalue weighted by Gasteiger charge is 2.25. The number of methoxy groups -OCH3 is 1. The lowest BCUT2D eigenvalue weighted by atomic mass is 10.2. The summed E-state index contributed by atoms with van der Waals surface area (Å²) >= 11 is 0. The van der Waals surface area contributed by atoms with Crippen LogP contribution in [-0.2, 0) is 0 Å². The van der Waals surface area contributed by atoms with Crippen LogP contribution in [0.3, 0.4) is 0 Å². The maximum absolute atomic E-state index is 11.2. The number of hydrogen-bond donors (Lipinski definition) is 1. The van der Waals surface area contributed by atoms with Gasteiger partial charge in [-0.25, -0.2) is 0 Å². The minimum Gasteiger partial charge on any atom is -0.497 e. The van der Waals surface area contributed by atoms with Gasteiger partial charge in [0.05, 0.1) is 18.8 Å². The van der Waals surface area contributed by atoms with E-state index in [0.29, 0.717) is 17.1 Å². The Kier molecular flexibility index (Phi) is 2.49. The third kappa shape index (κ3) is 2.21. The fraction of sp³-hybridized carbons (Fsp3) is 0.364. The van der Waals surface area contributed by atoms with Crippen LogP contribution in [0.2, 0.25) is 0 Å². The number of nitrogens with two attached hydrogens (primary N) is 1. The second-order valence-electron chi connectivity index (χ2n) is 3.54. The molecule has 0 unspecified atom stereocenters. The zero-order valence-electron chi connectivity index (χ0n) is 8.53. The molecule has 1 saturated carbocycles.